The van der Waals surface area contributed by atoms with E-state index >= 15 is 0 Å². The molecule has 1 saturated carbocycles. The Balaban J connectivity index is 1.66. The Morgan fingerprint density at radius 3 is 2.46 bits per heavy atom. The smallest absolute Gasteiger partial charge is 0.252 e. The van der Waals surface area contributed by atoms with Crippen LogP contribution in [0, 0.1) is 12.8 Å². The highest BCUT2D eigenvalue weighted by Gasteiger charge is 2.28. The molecule has 0 spiro atoms. The fourth-order valence-corrected chi connectivity index (χ4v) is 6.03. The quantitative estimate of drug-likeness (QED) is 0.465. The van der Waals surface area contributed by atoms with Crippen molar-refractivity contribution >= 4 is 32.4 Å². The monoisotopic (exact) mass is 514 g/mol. The Kier molecular flexibility index (Phi) is 7.83. The topological polar surface area (TPSA) is 110 Å². The van der Waals surface area contributed by atoms with Crippen molar-refractivity contribution in [2.45, 2.75) is 56.4 Å². The van der Waals surface area contributed by atoms with Crippen molar-refractivity contribution in [3.63, 3.8) is 0 Å². The Hall–Kier alpha value is -2.82. The molecule has 2 aromatic heterocycles. The van der Waals surface area contributed by atoms with E-state index in [0.29, 0.717) is 28.7 Å². The lowest BCUT2D eigenvalue weighted by Crippen LogP contribution is -2.36. The zero-order valence-electron chi connectivity index (χ0n) is 19.9. The maximum Gasteiger partial charge on any atom is 0.252 e. The number of benzene rings is 1. The summed E-state index contributed by atoms with van der Waals surface area (Å²) in [7, 11) is -2.18. The first-order chi connectivity index (χ1) is 16.8. The van der Waals surface area contributed by atoms with Gasteiger partial charge in [0.2, 0.25) is 15.9 Å². The highest BCUT2D eigenvalue weighted by atomic mass is 32.2. The summed E-state index contributed by atoms with van der Waals surface area (Å²) in [4.78, 5) is 31.0. The van der Waals surface area contributed by atoms with Gasteiger partial charge in [-0.2, -0.15) is 0 Å². The zero-order valence-corrected chi connectivity index (χ0v) is 21.5. The second-order valence-corrected chi connectivity index (χ2v) is 11.7. The number of aryl methyl sites for hydroxylation is 1. The number of aromatic nitrogens is 2. The minimum absolute atomic E-state index is 0.153. The van der Waals surface area contributed by atoms with Crippen LogP contribution in [0.2, 0.25) is 0 Å². The highest BCUT2D eigenvalue weighted by Crippen LogP contribution is 2.32. The third kappa shape index (κ3) is 5.88. The third-order valence-corrected chi connectivity index (χ3v) is 8.70. The average molecular weight is 515 g/mol. The van der Waals surface area contributed by atoms with Gasteiger partial charge in [0.25, 0.3) is 5.56 Å². The van der Waals surface area contributed by atoms with Gasteiger partial charge in [0.1, 0.15) is 6.04 Å². The molecule has 10 heteroatoms. The lowest BCUT2D eigenvalue weighted by atomic mass is 9.84. The van der Waals surface area contributed by atoms with Crippen LogP contribution in [-0.4, -0.2) is 30.9 Å². The Labute approximate surface area is 209 Å². The van der Waals surface area contributed by atoms with Gasteiger partial charge in [0, 0.05) is 23.3 Å². The lowest BCUT2D eigenvalue weighted by Gasteiger charge is -2.28. The molecule has 1 unspecified atom stereocenters. The second-order valence-electron chi connectivity index (χ2n) is 8.91. The molecule has 2 heterocycles. The zero-order chi connectivity index (χ0) is 25.0. The summed E-state index contributed by atoms with van der Waals surface area (Å²) < 4.78 is 27.9. The van der Waals surface area contributed by atoms with Crippen molar-refractivity contribution in [3.8, 4) is 11.1 Å². The van der Waals surface area contributed by atoms with Crippen molar-refractivity contribution in [2.75, 3.05) is 12.4 Å². The minimum atomic E-state index is -3.54. The lowest BCUT2D eigenvalue weighted by molar-refractivity contribution is -0.120. The number of pyridine rings is 1. The number of amides is 1. The second kappa shape index (κ2) is 10.8. The summed E-state index contributed by atoms with van der Waals surface area (Å²) >= 11 is 1.34. The number of sulfonamides is 1. The Morgan fingerprint density at radius 1 is 1.14 bits per heavy atom. The van der Waals surface area contributed by atoms with E-state index in [1.54, 1.807) is 28.3 Å². The number of rotatable bonds is 8. The van der Waals surface area contributed by atoms with Crippen LogP contribution in [0.1, 0.15) is 50.3 Å². The van der Waals surface area contributed by atoms with Crippen LogP contribution in [0.5, 0.6) is 0 Å². The summed E-state index contributed by atoms with van der Waals surface area (Å²) in [6.45, 7) is 1.83. The molecular formula is C25H30N4O4S2. The molecule has 4 rings (SSSR count). The molecule has 3 aromatic rings. The predicted molar refractivity (Wildman–Crippen MR) is 138 cm³/mol. The van der Waals surface area contributed by atoms with Crippen molar-refractivity contribution < 1.29 is 13.2 Å². The normalized spacial score (nSPS) is 15.6. The molecule has 0 radical (unpaired) electrons. The van der Waals surface area contributed by atoms with E-state index in [-0.39, 0.29) is 16.4 Å². The fourth-order valence-electron chi connectivity index (χ4n) is 4.77. The van der Waals surface area contributed by atoms with Crippen LogP contribution in [-0.2, 0) is 14.8 Å². The van der Waals surface area contributed by atoms with Gasteiger partial charge >= 0.3 is 0 Å². The average Bonchev–Trinajstić information content (AvgIpc) is 3.36. The number of anilines is 1. The first-order valence-electron chi connectivity index (χ1n) is 11.8. The number of nitrogens with zero attached hydrogens (tertiary/aromatic N) is 2. The fraction of sp³-hybridized carbons (Fsp3) is 0.400. The molecule has 1 fully saturated rings. The van der Waals surface area contributed by atoms with Crippen LogP contribution in [0.25, 0.3) is 11.1 Å². The number of hydrogen-bond acceptors (Lipinski definition) is 6. The van der Waals surface area contributed by atoms with E-state index < -0.39 is 16.1 Å². The van der Waals surface area contributed by atoms with Gasteiger partial charge in [-0.3, -0.25) is 9.59 Å². The molecular weight excluding hydrogens is 484 g/mol. The van der Waals surface area contributed by atoms with Gasteiger partial charge in [-0.15, -0.1) is 11.3 Å². The summed E-state index contributed by atoms with van der Waals surface area (Å²) in [5.74, 6) is 0.161. The van der Waals surface area contributed by atoms with Gasteiger partial charge in [-0.25, -0.2) is 18.1 Å². The van der Waals surface area contributed by atoms with Crippen molar-refractivity contribution in [1.29, 1.82) is 0 Å². The largest absolute Gasteiger partial charge is 0.300 e. The van der Waals surface area contributed by atoms with E-state index in [4.69, 9.17) is 0 Å². The summed E-state index contributed by atoms with van der Waals surface area (Å²) in [5.41, 5.74) is 1.81. The Bertz CT molecular complexity index is 1330. The van der Waals surface area contributed by atoms with Gasteiger partial charge in [-0.05, 0) is 55.6 Å². The van der Waals surface area contributed by atoms with Crippen LogP contribution in [0.3, 0.4) is 0 Å². The molecule has 0 saturated heterocycles. The number of carbonyl (C=O) groups is 1. The Morgan fingerprint density at radius 2 is 1.86 bits per heavy atom. The van der Waals surface area contributed by atoms with E-state index in [9.17, 15) is 18.0 Å². The molecule has 0 bridgehead atoms. The first-order valence-corrected chi connectivity index (χ1v) is 14.1. The molecule has 1 aromatic carbocycles. The molecule has 0 aliphatic heterocycles. The van der Waals surface area contributed by atoms with Gasteiger partial charge in [0.05, 0.1) is 4.90 Å². The summed E-state index contributed by atoms with van der Waals surface area (Å²) in [6, 6.07) is 9.12. The number of carbonyl (C=O) groups excluding carboxylic acids is 1. The molecule has 1 aliphatic carbocycles. The molecule has 8 nitrogen and oxygen atoms in total. The summed E-state index contributed by atoms with van der Waals surface area (Å²) in [6.07, 6.45) is 7.89. The van der Waals surface area contributed by atoms with Gasteiger partial charge in [0.15, 0.2) is 5.13 Å². The molecule has 1 aliphatic rings. The number of hydrogen-bond donors (Lipinski definition) is 2. The highest BCUT2D eigenvalue weighted by molar-refractivity contribution is 7.89. The molecule has 186 valence electrons. The molecule has 35 heavy (non-hydrogen) atoms. The SMILES string of the molecule is CNS(=O)(=O)c1ccc(-c2cc(C)n(C(CC3CCCCC3)C(=O)Nc3nccs3)c(=O)c2)cc1. The minimum Gasteiger partial charge on any atom is -0.300 e. The predicted octanol–water partition coefficient (Wildman–Crippen LogP) is 4.34. The standard InChI is InChI=1S/C25H30N4O4S2/c1-17-14-20(19-8-10-21(11-9-19)35(32,33)26-2)16-23(30)29(17)22(15-18-6-4-3-5-7-18)24(31)28-25-27-12-13-34-25/h8-14,16,18,22,26H,3-7,15H2,1-2H3,(H,27,28,31). The van der Waals surface area contributed by atoms with Gasteiger partial charge < -0.3 is 9.88 Å². The first kappa shape index (κ1) is 25.3. The van der Waals surface area contributed by atoms with E-state index in [1.165, 1.54) is 43.0 Å². The third-order valence-electron chi connectivity index (χ3n) is 6.59. The molecule has 2 N–H and O–H groups in total. The van der Waals surface area contributed by atoms with Crippen LogP contribution in [0.4, 0.5) is 5.13 Å². The van der Waals surface area contributed by atoms with E-state index in [1.807, 2.05) is 13.0 Å². The van der Waals surface area contributed by atoms with Crippen molar-refractivity contribution in [3.05, 3.63) is 64.0 Å². The van der Waals surface area contributed by atoms with Crippen molar-refractivity contribution in [2.24, 2.45) is 5.92 Å². The number of nitrogens with one attached hydrogen (secondary N) is 2. The van der Waals surface area contributed by atoms with E-state index in [0.717, 1.165) is 31.2 Å². The summed E-state index contributed by atoms with van der Waals surface area (Å²) in [5, 5.41) is 5.20. The maximum absolute atomic E-state index is 13.4. The van der Waals surface area contributed by atoms with Gasteiger partial charge in [-0.1, -0.05) is 44.2 Å². The molecule has 1 atom stereocenters. The van der Waals surface area contributed by atoms with Crippen LogP contribution < -0.4 is 15.6 Å². The number of thiazole rings is 1. The van der Waals surface area contributed by atoms with Crippen LogP contribution >= 0.6 is 11.3 Å². The maximum atomic E-state index is 13.4. The van der Waals surface area contributed by atoms with Crippen LogP contribution in [0.15, 0.2) is 57.7 Å². The molecule has 1 amide bonds. The van der Waals surface area contributed by atoms with E-state index in [2.05, 4.69) is 15.0 Å². The van der Waals surface area contributed by atoms with Crippen molar-refractivity contribution in [1.82, 2.24) is 14.3 Å².